The lowest BCUT2D eigenvalue weighted by Crippen LogP contribution is -2.48. The van der Waals surface area contributed by atoms with E-state index in [0.29, 0.717) is 40.1 Å². The van der Waals surface area contributed by atoms with Crippen molar-refractivity contribution in [2.45, 2.75) is 56.7 Å². The van der Waals surface area contributed by atoms with Gasteiger partial charge in [-0.25, -0.2) is 9.78 Å². The van der Waals surface area contributed by atoms with Crippen molar-refractivity contribution in [3.05, 3.63) is 28.8 Å². The van der Waals surface area contributed by atoms with E-state index in [9.17, 15) is 14.1 Å². The molecular formula is C21H27N5O4S2. The quantitative estimate of drug-likeness (QED) is 0.516. The van der Waals surface area contributed by atoms with Crippen molar-refractivity contribution in [3.8, 4) is 0 Å². The van der Waals surface area contributed by atoms with Crippen LogP contribution in [0.25, 0.3) is 11.1 Å². The monoisotopic (exact) mass is 477 g/mol. The van der Waals surface area contributed by atoms with Crippen LogP contribution >= 0.6 is 11.3 Å². The SMILES string of the molecule is CS(=O)c1ccc2oc(N3Cc4sc(NC(=O)NCC(C)(C)O)nc4CC3(C)C)nc2c1. The third kappa shape index (κ3) is 4.79. The minimum Gasteiger partial charge on any atom is -0.423 e. The lowest BCUT2D eigenvalue weighted by Gasteiger charge is -2.40. The van der Waals surface area contributed by atoms with Crippen LogP contribution in [0, 0.1) is 0 Å². The van der Waals surface area contributed by atoms with Gasteiger partial charge in [-0.05, 0) is 45.9 Å². The fourth-order valence-corrected chi connectivity index (χ4v) is 5.01. The highest BCUT2D eigenvalue weighted by atomic mass is 32.2. The lowest BCUT2D eigenvalue weighted by molar-refractivity contribution is 0.0826. The Hall–Kier alpha value is -2.50. The number of urea groups is 1. The number of thiazole rings is 1. The van der Waals surface area contributed by atoms with Gasteiger partial charge in [-0.15, -0.1) is 0 Å². The first-order chi connectivity index (χ1) is 14.9. The maximum Gasteiger partial charge on any atom is 0.321 e. The van der Waals surface area contributed by atoms with Gasteiger partial charge in [0, 0.05) is 45.3 Å². The van der Waals surface area contributed by atoms with Crippen LogP contribution in [0.1, 0.15) is 38.3 Å². The van der Waals surface area contributed by atoms with Gasteiger partial charge < -0.3 is 19.7 Å². The molecule has 0 saturated heterocycles. The molecule has 1 aromatic carbocycles. The smallest absolute Gasteiger partial charge is 0.321 e. The Morgan fingerprint density at radius 2 is 2.12 bits per heavy atom. The Labute approximate surface area is 192 Å². The first-order valence-corrected chi connectivity index (χ1v) is 12.6. The fourth-order valence-electron chi connectivity index (χ4n) is 3.52. The fraction of sp³-hybridized carbons (Fsp3) is 0.476. The highest BCUT2D eigenvalue weighted by Gasteiger charge is 2.38. The molecule has 2 amide bonds. The van der Waals surface area contributed by atoms with Gasteiger partial charge in [0.2, 0.25) is 0 Å². The number of benzene rings is 1. The summed E-state index contributed by atoms with van der Waals surface area (Å²) in [5, 5.41) is 15.7. The molecular weight excluding hydrogens is 450 g/mol. The summed E-state index contributed by atoms with van der Waals surface area (Å²) in [5.41, 5.74) is 0.958. The number of anilines is 2. The van der Waals surface area contributed by atoms with Gasteiger partial charge in [0.1, 0.15) is 5.52 Å². The van der Waals surface area contributed by atoms with Gasteiger partial charge in [0.05, 0.1) is 17.8 Å². The van der Waals surface area contributed by atoms with Crippen LogP contribution in [0.4, 0.5) is 15.9 Å². The number of aliphatic hydroxyl groups is 1. The molecule has 1 aliphatic rings. The number of hydrogen-bond acceptors (Lipinski definition) is 8. The summed E-state index contributed by atoms with van der Waals surface area (Å²) in [6.45, 7) is 8.13. The van der Waals surface area contributed by atoms with E-state index in [1.807, 2.05) is 0 Å². The Balaban J connectivity index is 1.55. The molecule has 1 unspecified atom stereocenters. The normalized spacial score (nSPS) is 16.6. The molecule has 0 aliphatic carbocycles. The highest BCUT2D eigenvalue weighted by Crippen LogP contribution is 2.39. The van der Waals surface area contributed by atoms with E-state index in [2.05, 4.69) is 39.3 Å². The summed E-state index contributed by atoms with van der Waals surface area (Å²) in [6, 6.07) is 5.47. The molecule has 1 aliphatic heterocycles. The molecule has 0 bridgehead atoms. The van der Waals surface area contributed by atoms with Gasteiger partial charge in [-0.3, -0.25) is 9.53 Å². The second-order valence-electron chi connectivity index (χ2n) is 9.16. The molecule has 1 atom stereocenters. The van der Waals surface area contributed by atoms with E-state index in [0.717, 1.165) is 10.6 Å². The number of aromatic nitrogens is 2. The molecule has 2 aromatic heterocycles. The van der Waals surface area contributed by atoms with Crippen molar-refractivity contribution in [2.24, 2.45) is 0 Å². The average molecular weight is 478 g/mol. The minimum atomic E-state index is -1.09. The van der Waals surface area contributed by atoms with Crippen molar-refractivity contribution in [1.82, 2.24) is 15.3 Å². The number of nitrogens with zero attached hydrogens (tertiary/aromatic N) is 3. The number of oxazole rings is 1. The van der Waals surface area contributed by atoms with E-state index in [-0.39, 0.29) is 12.1 Å². The molecule has 9 nitrogen and oxygen atoms in total. The molecule has 4 rings (SSSR count). The van der Waals surface area contributed by atoms with Gasteiger partial charge in [-0.2, -0.15) is 4.98 Å². The standard InChI is InChI=1S/C21H27N5O4S2/c1-20(2)9-14-16(31-18(23-14)25-17(27)22-11-21(3,4)28)10-26(20)19-24-13-8-12(32(5)29)6-7-15(13)30-19/h6-8,28H,9-11H2,1-5H3,(H2,22,23,25,27). The highest BCUT2D eigenvalue weighted by molar-refractivity contribution is 7.84. The second-order valence-corrected chi connectivity index (χ2v) is 11.6. The third-order valence-electron chi connectivity index (χ3n) is 5.22. The maximum absolute atomic E-state index is 12.1. The molecule has 0 fully saturated rings. The zero-order chi connectivity index (χ0) is 23.3. The van der Waals surface area contributed by atoms with E-state index in [1.54, 1.807) is 38.3 Å². The Morgan fingerprint density at radius 3 is 2.81 bits per heavy atom. The van der Waals surface area contributed by atoms with Crippen molar-refractivity contribution >= 4 is 50.4 Å². The van der Waals surface area contributed by atoms with Crippen LogP contribution in [-0.4, -0.2) is 49.3 Å². The predicted octanol–water partition coefficient (Wildman–Crippen LogP) is 3.26. The first-order valence-electron chi connectivity index (χ1n) is 10.2. The Morgan fingerprint density at radius 1 is 1.38 bits per heavy atom. The van der Waals surface area contributed by atoms with Gasteiger partial charge >= 0.3 is 6.03 Å². The Kier molecular flexibility index (Phi) is 5.76. The zero-order valence-electron chi connectivity index (χ0n) is 18.7. The molecule has 0 saturated carbocycles. The number of rotatable bonds is 5. The van der Waals surface area contributed by atoms with Crippen molar-refractivity contribution in [1.29, 1.82) is 0 Å². The topological polar surface area (TPSA) is 121 Å². The van der Waals surface area contributed by atoms with Crippen LogP contribution < -0.4 is 15.5 Å². The summed E-state index contributed by atoms with van der Waals surface area (Å²) in [6.07, 6.45) is 2.30. The minimum absolute atomic E-state index is 0.135. The van der Waals surface area contributed by atoms with Crippen LogP contribution in [0.5, 0.6) is 0 Å². The lowest BCUT2D eigenvalue weighted by atomic mass is 9.92. The largest absolute Gasteiger partial charge is 0.423 e. The molecule has 0 spiro atoms. The summed E-state index contributed by atoms with van der Waals surface area (Å²) in [7, 11) is -1.09. The van der Waals surface area contributed by atoms with Crippen molar-refractivity contribution < 1.29 is 18.5 Å². The average Bonchev–Trinajstić information content (AvgIpc) is 3.26. The zero-order valence-corrected chi connectivity index (χ0v) is 20.3. The first kappa shape index (κ1) is 22.7. The van der Waals surface area contributed by atoms with Gasteiger partial charge in [-0.1, -0.05) is 11.3 Å². The van der Waals surface area contributed by atoms with Crippen LogP contribution in [0.2, 0.25) is 0 Å². The van der Waals surface area contributed by atoms with Crippen LogP contribution in [0.3, 0.4) is 0 Å². The number of carbonyl (C=O) groups excluding carboxylic acids is 1. The van der Waals surface area contributed by atoms with Gasteiger partial charge in [0.15, 0.2) is 10.7 Å². The molecule has 3 N–H and O–H groups in total. The summed E-state index contributed by atoms with van der Waals surface area (Å²) < 4.78 is 17.8. The molecule has 11 heteroatoms. The van der Waals surface area contributed by atoms with Crippen LogP contribution in [0.15, 0.2) is 27.5 Å². The molecule has 3 aromatic rings. The van der Waals surface area contributed by atoms with Crippen LogP contribution in [-0.2, 0) is 23.8 Å². The molecule has 3 heterocycles. The molecule has 32 heavy (non-hydrogen) atoms. The number of nitrogens with one attached hydrogen (secondary N) is 2. The number of fused-ring (bicyclic) bond motifs is 2. The molecule has 0 radical (unpaired) electrons. The molecule has 172 valence electrons. The Bertz CT molecular complexity index is 1190. The van der Waals surface area contributed by atoms with Gasteiger partial charge in [0.25, 0.3) is 6.01 Å². The van der Waals surface area contributed by atoms with E-state index in [4.69, 9.17) is 4.42 Å². The number of carbonyl (C=O) groups is 1. The summed E-state index contributed by atoms with van der Waals surface area (Å²) in [4.78, 5) is 25.2. The maximum atomic E-state index is 12.1. The van der Waals surface area contributed by atoms with E-state index >= 15 is 0 Å². The van der Waals surface area contributed by atoms with E-state index < -0.39 is 22.4 Å². The number of hydrogen-bond donors (Lipinski definition) is 3. The second kappa shape index (κ2) is 8.13. The van der Waals surface area contributed by atoms with E-state index in [1.165, 1.54) is 11.3 Å². The van der Waals surface area contributed by atoms with Crippen molar-refractivity contribution in [2.75, 3.05) is 23.0 Å². The third-order valence-corrected chi connectivity index (χ3v) is 7.14. The number of amides is 2. The summed E-state index contributed by atoms with van der Waals surface area (Å²) in [5.74, 6) is 0. The van der Waals surface area contributed by atoms with Crippen molar-refractivity contribution in [3.63, 3.8) is 0 Å². The summed E-state index contributed by atoms with van der Waals surface area (Å²) >= 11 is 1.41. The predicted molar refractivity (Wildman–Crippen MR) is 126 cm³/mol.